The predicted molar refractivity (Wildman–Crippen MR) is 122 cm³/mol. The van der Waals surface area contributed by atoms with E-state index in [9.17, 15) is 13.6 Å². The number of carbonyl (C=O) groups is 1. The van der Waals surface area contributed by atoms with E-state index >= 15 is 0 Å². The van der Waals surface area contributed by atoms with E-state index in [-0.39, 0.29) is 0 Å². The van der Waals surface area contributed by atoms with Crippen LogP contribution < -0.4 is 5.32 Å². The summed E-state index contributed by atoms with van der Waals surface area (Å²) in [7, 11) is 1.21. The maximum Gasteiger partial charge on any atom is 0.268 e. The van der Waals surface area contributed by atoms with E-state index in [1.165, 1.54) is 52.5 Å². The van der Waals surface area contributed by atoms with Gasteiger partial charge in [-0.2, -0.15) is 0 Å². The molecule has 0 aliphatic carbocycles. The number of halogens is 2. The minimum absolute atomic E-state index is 0.376. The van der Waals surface area contributed by atoms with Gasteiger partial charge in [0.25, 0.3) is 12.3 Å². The maximum atomic E-state index is 13.3. The SMILES string of the molecule is COC(C)(C(F)F)C(C)NC(=O)c1ccc(C#Cc2ccc(CN3CCCC3)cc2)cc1. The lowest BCUT2D eigenvalue weighted by molar-refractivity contribution is -0.124. The summed E-state index contributed by atoms with van der Waals surface area (Å²) in [6.45, 7) is 6.11. The van der Waals surface area contributed by atoms with Gasteiger partial charge in [0.15, 0.2) is 0 Å². The van der Waals surface area contributed by atoms with E-state index < -0.39 is 24.0 Å². The third kappa shape index (κ3) is 5.93. The molecule has 1 fully saturated rings. The number of hydrogen-bond donors (Lipinski definition) is 1. The summed E-state index contributed by atoms with van der Waals surface area (Å²) < 4.78 is 31.5. The minimum Gasteiger partial charge on any atom is -0.370 e. The fourth-order valence-electron chi connectivity index (χ4n) is 3.62. The number of alkyl halides is 2. The molecule has 4 nitrogen and oxygen atoms in total. The van der Waals surface area contributed by atoms with Crippen molar-refractivity contribution in [2.75, 3.05) is 20.2 Å². The highest BCUT2D eigenvalue weighted by Gasteiger charge is 2.41. The molecular weight excluding hydrogens is 410 g/mol. The number of nitrogens with one attached hydrogen (secondary N) is 1. The lowest BCUT2D eigenvalue weighted by Crippen LogP contribution is -2.54. The number of carbonyl (C=O) groups excluding carboxylic acids is 1. The van der Waals surface area contributed by atoms with Crippen molar-refractivity contribution < 1.29 is 18.3 Å². The number of ether oxygens (including phenoxy) is 1. The van der Waals surface area contributed by atoms with Gasteiger partial charge in [0.05, 0.1) is 6.04 Å². The van der Waals surface area contributed by atoms with E-state index in [2.05, 4.69) is 34.2 Å². The highest BCUT2D eigenvalue weighted by atomic mass is 19.3. The summed E-state index contributed by atoms with van der Waals surface area (Å²) in [5, 5.41) is 2.59. The Morgan fingerprint density at radius 3 is 2.09 bits per heavy atom. The van der Waals surface area contributed by atoms with Crippen molar-refractivity contribution in [2.24, 2.45) is 0 Å². The standard InChI is InChI=1S/C26H30F2N2O2/c1-19(26(2,32-3)25(27)28)29-24(31)23-14-12-21(13-15-23)7-6-20-8-10-22(11-9-20)18-30-16-4-5-17-30/h8-15,19,25H,4-5,16-18H2,1-3H3,(H,29,31). The summed E-state index contributed by atoms with van der Waals surface area (Å²) >= 11 is 0. The van der Waals surface area contributed by atoms with Crippen LogP contribution in [0, 0.1) is 11.8 Å². The van der Waals surface area contributed by atoms with Gasteiger partial charge in [0, 0.05) is 30.3 Å². The van der Waals surface area contributed by atoms with E-state index in [4.69, 9.17) is 4.74 Å². The molecule has 170 valence electrons. The Bertz CT molecular complexity index is 958. The van der Waals surface area contributed by atoms with Crippen molar-refractivity contribution in [3.63, 3.8) is 0 Å². The fourth-order valence-corrected chi connectivity index (χ4v) is 3.62. The lowest BCUT2D eigenvalue weighted by atomic mass is 9.97. The Labute approximate surface area is 189 Å². The number of hydrogen-bond acceptors (Lipinski definition) is 3. The van der Waals surface area contributed by atoms with Crippen LogP contribution >= 0.6 is 0 Å². The van der Waals surface area contributed by atoms with Crippen molar-refractivity contribution in [3.05, 3.63) is 70.8 Å². The largest absolute Gasteiger partial charge is 0.370 e. The Morgan fingerprint density at radius 2 is 1.59 bits per heavy atom. The summed E-state index contributed by atoms with van der Waals surface area (Å²) in [5.74, 6) is 5.80. The van der Waals surface area contributed by atoms with Crippen molar-refractivity contribution in [1.29, 1.82) is 0 Å². The Hall–Kier alpha value is -2.75. The predicted octanol–water partition coefficient (Wildman–Crippen LogP) is 4.47. The van der Waals surface area contributed by atoms with E-state index in [0.29, 0.717) is 5.56 Å². The highest BCUT2D eigenvalue weighted by Crippen LogP contribution is 2.24. The third-order valence-corrected chi connectivity index (χ3v) is 6.14. The van der Waals surface area contributed by atoms with Gasteiger partial charge in [-0.25, -0.2) is 8.78 Å². The van der Waals surface area contributed by atoms with Crippen LogP contribution in [0.2, 0.25) is 0 Å². The summed E-state index contributed by atoms with van der Waals surface area (Å²) in [4.78, 5) is 14.9. The zero-order chi connectivity index (χ0) is 23.1. The van der Waals surface area contributed by atoms with Gasteiger partial charge in [0.2, 0.25) is 0 Å². The molecule has 2 aromatic carbocycles. The second kappa shape index (κ2) is 10.7. The van der Waals surface area contributed by atoms with Crippen LogP contribution in [0.25, 0.3) is 0 Å². The van der Waals surface area contributed by atoms with Crippen LogP contribution in [0.3, 0.4) is 0 Å². The molecule has 3 rings (SSSR count). The lowest BCUT2D eigenvalue weighted by Gasteiger charge is -2.33. The molecule has 0 radical (unpaired) electrons. The van der Waals surface area contributed by atoms with Gasteiger partial charge in [-0.3, -0.25) is 9.69 Å². The number of likely N-dealkylation sites (tertiary alicyclic amines) is 1. The van der Waals surface area contributed by atoms with Crippen molar-refractivity contribution >= 4 is 5.91 Å². The van der Waals surface area contributed by atoms with Crippen molar-refractivity contribution in [3.8, 4) is 11.8 Å². The molecule has 0 aromatic heterocycles. The quantitative estimate of drug-likeness (QED) is 0.646. The van der Waals surface area contributed by atoms with Gasteiger partial charge in [-0.05, 0) is 81.7 Å². The molecule has 2 aromatic rings. The number of nitrogens with zero attached hydrogens (tertiary/aromatic N) is 1. The summed E-state index contributed by atoms with van der Waals surface area (Å²) in [5.41, 5.74) is 1.60. The van der Waals surface area contributed by atoms with Crippen LogP contribution in [-0.4, -0.2) is 49.1 Å². The van der Waals surface area contributed by atoms with Gasteiger partial charge < -0.3 is 10.1 Å². The average Bonchev–Trinajstić information content (AvgIpc) is 3.31. The molecule has 1 aliphatic heterocycles. The van der Waals surface area contributed by atoms with Crippen LogP contribution in [0.1, 0.15) is 53.7 Å². The molecule has 6 heteroatoms. The zero-order valence-electron chi connectivity index (χ0n) is 18.8. The Balaban J connectivity index is 1.59. The maximum absolute atomic E-state index is 13.3. The summed E-state index contributed by atoms with van der Waals surface area (Å²) in [6, 6.07) is 14.2. The molecule has 2 atom stereocenters. The van der Waals surface area contributed by atoms with Crippen LogP contribution in [0.5, 0.6) is 0 Å². The van der Waals surface area contributed by atoms with Crippen LogP contribution in [-0.2, 0) is 11.3 Å². The van der Waals surface area contributed by atoms with Gasteiger partial charge in [-0.1, -0.05) is 24.0 Å². The molecule has 2 unspecified atom stereocenters. The van der Waals surface area contributed by atoms with Crippen molar-refractivity contribution in [1.82, 2.24) is 10.2 Å². The Kier molecular flexibility index (Phi) is 8.00. The average molecular weight is 441 g/mol. The molecule has 0 saturated carbocycles. The topological polar surface area (TPSA) is 41.6 Å². The molecule has 1 aliphatic rings. The van der Waals surface area contributed by atoms with Gasteiger partial charge >= 0.3 is 0 Å². The molecule has 1 heterocycles. The number of amides is 1. The first-order valence-corrected chi connectivity index (χ1v) is 10.9. The monoisotopic (exact) mass is 440 g/mol. The van der Waals surface area contributed by atoms with E-state index in [1.54, 1.807) is 24.3 Å². The smallest absolute Gasteiger partial charge is 0.268 e. The number of rotatable bonds is 7. The van der Waals surface area contributed by atoms with Crippen molar-refractivity contribution in [2.45, 2.75) is 51.3 Å². The van der Waals surface area contributed by atoms with Crippen LogP contribution in [0.4, 0.5) is 8.78 Å². The summed E-state index contributed by atoms with van der Waals surface area (Å²) in [6.07, 6.45) is -0.161. The van der Waals surface area contributed by atoms with E-state index in [0.717, 1.165) is 17.7 Å². The molecule has 1 N–H and O–H groups in total. The van der Waals surface area contributed by atoms with Gasteiger partial charge in [0.1, 0.15) is 5.60 Å². The molecule has 1 saturated heterocycles. The fraction of sp³-hybridized carbons (Fsp3) is 0.423. The highest BCUT2D eigenvalue weighted by molar-refractivity contribution is 5.94. The number of benzene rings is 2. The second-order valence-corrected chi connectivity index (χ2v) is 8.39. The first-order valence-electron chi connectivity index (χ1n) is 10.9. The number of methoxy groups -OCH3 is 1. The molecule has 1 amide bonds. The molecule has 32 heavy (non-hydrogen) atoms. The second-order valence-electron chi connectivity index (χ2n) is 8.39. The molecular formula is C26H30F2N2O2. The molecule has 0 bridgehead atoms. The Morgan fingerprint density at radius 1 is 1.06 bits per heavy atom. The van der Waals surface area contributed by atoms with E-state index in [1.807, 2.05) is 12.1 Å². The first-order chi connectivity index (χ1) is 15.3. The van der Waals surface area contributed by atoms with Crippen LogP contribution in [0.15, 0.2) is 48.5 Å². The van der Waals surface area contributed by atoms with Gasteiger partial charge in [-0.15, -0.1) is 0 Å². The minimum atomic E-state index is -2.73. The third-order valence-electron chi connectivity index (χ3n) is 6.14. The molecule has 0 spiro atoms. The normalized spacial score (nSPS) is 16.8. The zero-order valence-corrected chi connectivity index (χ0v) is 18.8. The first kappa shape index (κ1) is 23.9.